The van der Waals surface area contributed by atoms with Crippen molar-refractivity contribution in [1.82, 2.24) is 4.98 Å². The van der Waals surface area contributed by atoms with Crippen LogP contribution in [0.25, 0.3) is 10.9 Å². The van der Waals surface area contributed by atoms with Gasteiger partial charge in [-0.25, -0.2) is 0 Å². The van der Waals surface area contributed by atoms with Crippen LogP contribution in [0.1, 0.15) is 58.9 Å². The number of aromatic amines is 1. The summed E-state index contributed by atoms with van der Waals surface area (Å²) in [5.74, 6) is -0.0672. The van der Waals surface area contributed by atoms with Crippen molar-refractivity contribution in [2.75, 3.05) is 0 Å². The van der Waals surface area contributed by atoms with Crippen LogP contribution in [-0.2, 0) is 9.53 Å². The van der Waals surface area contributed by atoms with Gasteiger partial charge in [-0.3, -0.25) is 4.79 Å². The Balaban J connectivity index is 2.43. The van der Waals surface area contributed by atoms with Crippen molar-refractivity contribution in [3.63, 3.8) is 0 Å². The summed E-state index contributed by atoms with van der Waals surface area (Å²) in [6, 6.07) is 7.47. The first-order valence-corrected chi connectivity index (χ1v) is 8.83. The summed E-state index contributed by atoms with van der Waals surface area (Å²) in [6.45, 7) is 9.91. The maximum absolute atomic E-state index is 12.6. The van der Waals surface area contributed by atoms with Gasteiger partial charge in [-0.15, -0.1) is 0 Å². The van der Waals surface area contributed by atoms with Crippen LogP contribution >= 0.6 is 0 Å². The van der Waals surface area contributed by atoms with Gasteiger partial charge in [0.05, 0.1) is 0 Å². The Morgan fingerprint density at radius 2 is 1.83 bits per heavy atom. The first-order chi connectivity index (χ1) is 11.3. The molecule has 3 N–H and O–H groups in total. The van der Waals surface area contributed by atoms with Crippen molar-refractivity contribution in [2.45, 2.75) is 65.0 Å². The number of H-pyrrole nitrogens is 1. The maximum Gasteiger partial charge on any atom is 0.324 e. The lowest BCUT2D eigenvalue weighted by Crippen LogP contribution is -2.43. The monoisotopic (exact) mass is 330 g/mol. The van der Waals surface area contributed by atoms with Crippen molar-refractivity contribution in [3.05, 3.63) is 36.0 Å². The molecule has 1 aromatic heterocycles. The molecule has 0 spiro atoms. The molecule has 0 fully saturated rings. The maximum atomic E-state index is 12.6. The van der Waals surface area contributed by atoms with Gasteiger partial charge >= 0.3 is 5.97 Å². The van der Waals surface area contributed by atoms with E-state index in [1.807, 2.05) is 45.2 Å². The van der Waals surface area contributed by atoms with Gasteiger partial charge in [0.2, 0.25) is 0 Å². The van der Waals surface area contributed by atoms with Crippen molar-refractivity contribution in [2.24, 2.45) is 11.7 Å². The van der Waals surface area contributed by atoms with Crippen LogP contribution < -0.4 is 5.73 Å². The lowest BCUT2D eigenvalue weighted by Gasteiger charge is -2.31. The molecule has 0 amide bonds. The molecule has 24 heavy (non-hydrogen) atoms. The molecule has 0 aliphatic heterocycles. The molecular weight excluding hydrogens is 300 g/mol. The molecule has 0 saturated heterocycles. The normalized spacial score (nSPS) is 14.8. The lowest BCUT2D eigenvalue weighted by molar-refractivity contribution is -0.157. The van der Waals surface area contributed by atoms with Crippen molar-refractivity contribution in [3.8, 4) is 0 Å². The van der Waals surface area contributed by atoms with Gasteiger partial charge in [0.15, 0.2) is 0 Å². The number of esters is 1. The van der Waals surface area contributed by atoms with Gasteiger partial charge in [0.25, 0.3) is 0 Å². The number of hydrogen-bond donors (Lipinski definition) is 2. The Kier molecular flexibility index (Phi) is 5.70. The Hall–Kier alpha value is -1.81. The first kappa shape index (κ1) is 18.5. The summed E-state index contributed by atoms with van der Waals surface area (Å²) in [4.78, 5) is 15.9. The number of carbonyl (C=O) groups is 1. The largest absolute Gasteiger partial charge is 0.459 e. The van der Waals surface area contributed by atoms with Crippen LogP contribution in [0, 0.1) is 5.92 Å². The topological polar surface area (TPSA) is 68.1 Å². The number of nitrogens with two attached hydrogens (primary N) is 1. The minimum absolute atomic E-state index is 0.0639. The van der Waals surface area contributed by atoms with Crippen LogP contribution in [0.15, 0.2) is 30.5 Å². The number of rotatable bonds is 6. The minimum atomic E-state index is -0.673. The number of carbonyl (C=O) groups excluding carboxylic acids is 1. The molecule has 0 saturated carbocycles. The molecule has 0 radical (unpaired) electrons. The predicted octanol–water partition coefficient (Wildman–Crippen LogP) is 4.36. The highest BCUT2D eigenvalue weighted by Crippen LogP contribution is 2.36. The van der Waals surface area contributed by atoms with Gasteiger partial charge in [-0.1, -0.05) is 44.9 Å². The molecule has 0 unspecified atom stereocenters. The molecule has 0 bridgehead atoms. The third kappa shape index (κ3) is 3.99. The number of fused-ring (bicyclic) bond motifs is 1. The summed E-state index contributed by atoms with van der Waals surface area (Å²) in [7, 11) is 0. The molecule has 2 aromatic rings. The smallest absolute Gasteiger partial charge is 0.324 e. The van der Waals surface area contributed by atoms with Crippen LogP contribution in [0.5, 0.6) is 0 Å². The molecule has 4 heteroatoms. The summed E-state index contributed by atoms with van der Waals surface area (Å²) in [5.41, 5.74) is 8.06. The van der Waals surface area contributed by atoms with Gasteiger partial charge in [-0.05, 0) is 38.3 Å². The molecule has 2 atom stereocenters. The summed E-state index contributed by atoms with van der Waals surface area (Å²) in [5, 5.41) is 1.13. The van der Waals surface area contributed by atoms with Gasteiger partial charge in [0.1, 0.15) is 11.6 Å². The number of ether oxygens (including phenoxy) is 1. The second kappa shape index (κ2) is 7.39. The van der Waals surface area contributed by atoms with Crippen LogP contribution in [0.3, 0.4) is 0 Å². The fraction of sp³-hybridized carbons (Fsp3) is 0.550. The molecule has 0 aliphatic carbocycles. The molecule has 1 heterocycles. The number of para-hydroxylation sites is 1. The highest BCUT2D eigenvalue weighted by molar-refractivity contribution is 5.85. The standard InChI is InChI=1S/C20H30N2O2/c1-6-13(7-2)17(18(21)19(23)24-20(3,4)5)15-12-22-16-11-9-8-10-14(15)16/h8-13,17-18,22H,6-7,21H2,1-5H3/t17-,18-/m1/s1. The Morgan fingerprint density at radius 3 is 2.42 bits per heavy atom. The number of nitrogens with one attached hydrogen (secondary N) is 1. The van der Waals surface area contributed by atoms with Crippen LogP contribution in [0.2, 0.25) is 0 Å². The molecule has 0 aliphatic rings. The Labute approximate surface area is 144 Å². The van der Waals surface area contributed by atoms with E-state index in [0.717, 1.165) is 29.3 Å². The van der Waals surface area contributed by atoms with E-state index in [2.05, 4.69) is 24.9 Å². The molecule has 4 nitrogen and oxygen atoms in total. The Bertz CT molecular complexity index is 680. The van der Waals surface area contributed by atoms with Gasteiger partial charge < -0.3 is 15.5 Å². The summed E-state index contributed by atoms with van der Waals surface area (Å²) in [6.07, 6.45) is 3.94. The summed E-state index contributed by atoms with van der Waals surface area (Å²) < 4.78 is 5.56. The van der Waals surface area contributed by atoms with Crippen molar-refractivity contribution >= 4 is 16.9 Å². The minimum Gasteiger partial charge on any atom is -0.459 e. The van der Waals surface area contributed by atoms with E-state index >= 15 is 0 Å². The SMILES string of the molecule is CCC(CC)[C@H](c1c[nH]c2ccccc12)[C@@H](N)C(=O)OC(C)(C)C. The fourth-order valence-corrected chi connectivity index (χ4v) is 3.42. The van der Waals surface area contributed by atoms with Gasteiger partial charge in [0, 0.05) is 23.0 Å². The molecular formula is C20H30N2O2. The second-order valence-electron chi connectivity index (χ2n) is 7.45. The van der Waals surface area contributed by atoms with E-state index < -0.39 is 11.6 Å². The van der Waals surface area contributed by atoms with E-state index in [4.69, 9.17) is 10.5 Å². The number of benzene rings is 1. The fourth-order valence-electron chi connectivity index (χ4n) is 3.42. The van der Waals surface area contributed by atoms with Gasteiger partial charge in [-0.2, -0.15) is 0 Å². The molecule has 1 aromatic carbocycles. The Morgan fingerprint density at radius 1 is 1.21 bits per heavy atom. The first-order valence-electron chi connectivity index (χ1n) is 8.83. The van der Waals surface area contributed by atoms with E-state index in [1.54, 1.807) is 0 Å². The van der Waals surface area contributed by atoms with E-state index in [9.17, 15) is 4.79 Å². The zero-order valence-corrected chi connectivity index (χ0v) is 15.4. The highest BCUT2D eigenvalue weighted by Gasteiger charge is 2.35. The van der Waals surface area contributed by atoms with Crippen LogP contribution in [-0.4, -0.2) is 22.6 Å². The van der Waals surface area contributed by atoms with E-state index in [0.29, 0.717) is 5.92 Å². The summed E-state index contributed by atoms with van der Waals surface area (Å²) >= 11 is 0. The third-order valence-electron chi connectivity index (χ3n) is 4.60. The van der Waals surface area contributed by atoms with Crippen LogP contribution in [0.4, 0.5) is 0 Å². The average molecular weight is 330 g/mol. The lowest BCUT2D eigenvalue weighted by atomic mass is 9.78. The van der Waals surface area contributed by atoms with Crippen molar-refractivity contribution in [1.29, 1.82) is 0 Å². The zero-order chi connectivity index (χ0) is 17.9. The zero-order valence-electron chi connectivity index (χ0n) is 15.4. The van der Waals surface area contributed by atoms with Crippen molar-refractivity contribution < 1.29 is 9.53 Å². The number of hydrogen-bond acceptors (Lipinski definition) is 3. The second-order valence-corrected chi connectivity index (χ2v) is 7.45. The average Bonchev–Trinajstić information content (AvgIpc) is 2.94. The molecule has 132 valence electrons. The van der Waals surface area contributed by atoms with E-state index in [1.165, 1.54) is 0 Å². The quantitative estimate of drug-likeness (QED) is 0.773. The number of aromatic nitrogens is 1. The highest BCUT2D eigenvalue weighted by atomic mass is 16.6. The van der Waals surface area contributed by atoms with E-state index in [-0.39, 0.29) is 11.9 Å². The third-order valence-corrected chi connectivity index (χ3v) is 4.60. The predicted molar refractivity (Wildman–Crippen MR) is 98.9 cm³/mol. The molecule has 2 rings (SSSR count).